The molecule has 0 saturated heterocycles. The second-order valence-corrected chi connectivity index (χ2v) is 5.52. The number of ether oxygens (including phenoxy) is 3. The van der Waals surface area contributed by atoms with Crippen molar-refractivity contribution in [3.05, 3.63) is 66.0 Å². The molecule has 1 aromatic carbocycles. The first-order valence-electron chi connectivity index (χ1n) is 8.09. The van der Waals surface area contributed by atoms with E-state index in [2.05, 4.69) is 4.98 Å². The summed E-state index contributed by atoms with van der Waals surface area (Å²) in [6, 6.07) is 9.15. The fourth-order valence-corrected chi connectivity index (χ4v) is 2.77. The first-order valence-corrected chi connectivity index (χ1v) is 8.09. The molecule has 0 N–H and O–H groups in total. The summed E-state index contributed by atoms with van der Waals surface area (Å²) in [7, 11) is 4.04. The van der Waals surface area contributed by atoms with Crippen LogP contribution in [-0.4, -0.2) is 38.3 Å². The Morgan fingerprint density at radius 1 is 0.963 bits per heavy atom. The minimum Gasteiger partial charge on any atom is -0.481 e. The summed E-state index contributed by atoms with van der Waals surface area (Å²) in [6.07, 6.45) is 6.52. The van der Waals surface area contributed by atoms with Crippen LogP contribution in [0.2, 0.25) is 0 Å². The summed E-state index contributed by atoms with van der Waals surface area (Å²) >= 11 is 0. The van der Waals surface area contributed by atoms with E-state index in [0.717, 1.165) is 5.39 Å². The summed E-state index contributed by atoms with van der Waals surface area (Å²) in [4.78, 5) is 30.9. The number of para-hydroxylation sites is 1. The van der Waals surface area contributed by atoms with Gasteiger partial charge in [0, 0.05) is 17.7 Å². The molecule has 0 bridgehead atoms. The van der Waals surface area contributed by atoms with E-state index in [-0.39, 0.29) is 11.3 Å². The summed E-state index contributed by atoms with van der Waals surface area (Å²) in [6.45, 7) is 0. The van der Waals surface area contributed by atoms with Gasteiger partial charge in [-0.3, -0.25) is 0 Å². The Balaban J connectivity index is 2.29. The predicted octanol–water partition coefficient (Wildman–Crippen LogP) is 2.73. The van der Waals surface area contributed by atoms with E-state index < -0.39 is 11.9 Å². The summed E-state index contributed by atoms with van der Waals surface area (Å²) in [5.74, 6) is -0.888. The molecule has 0 atom stereocenters. The van der Waals surface area contributed by atoms with Crippen molar-refractivity contribution in [3.63, 3.8) is 0 Å². The molecule has 0 saturated carbocycles. The number of carbonyl (C=O) groups excluding carboxylic acids is 2. The highest BCUT2D eigenvalue weighted by Crippen LogP contribution is 2.32. The zero-order valence-electron chi connectivity index (χ0n) is 15.1. The highest BCUT2D eigenvalue weighted by molar-refractivity contribution is 6.07. The van der Waals surface area contributed by atoms with Gasteiger partial charge in [-0.15, -0.1) is 0 Å². The van der Waals surface area contributed by atoms with E-state index in [1.54, 1.807) is 35.4 Å². The van der Waals surface area contributed by atoms with Crippen LogP contribution in [0, 0.1) is 0 Å². The fraction of sp³-hybridized carbons (Fsp3) is 0.150. The van der Waals surface area contributed by atoms with Gasteiger partial charge < -0.3 is 19.1 Å². The van der Waals surface area contributed by atoms with Crippen molar-refractivity contribution in [1.29, 1.82) is 0 Å². The topological polar surface area (TPSA) is 78.0 Å². The molecule has 7 heteroatoms. The number of esters is 2. The van der Waals surface area contributed by atoms with Crippen molar-refractivity contribution in [3.8, 4) is 5.88 Å². The van der Waals surface area contributed by atoms with Crippen LogP contribution >= 0.6 is 0 Å². The molecule has 1 aromatic heterocycles. The Morgan fingerprint density at radius 3 is 2.44 bits per heavy atom. The average molecular weight is 366 g/mol. The molecule has 1 aliphatic heterocycles. The number of anilines is 1. The Labute approximate surface area is 156 Å². The van der Waals surface area contributed by atoms with Crippen molar-refractivity contribution in [2.24, 2.45) is 0 Å². The number of benzene rings is 1. The molecule has 0 fully saturated rings. The molecule has 0 aliphatic carbocycles. The van der Waals surface area contributed by atoms with Gasteiger partial charge in [0.1, 0.15) is 5.70 Å². The summed E-state index contributed by atoms with van der Waals surface area (Å²) in [5.41, 5.74) is 1.31. The van der Waals surface area contributed by atoms with E-state index >= 15 is 0 Å². The molecule has 0 amide bonds. The lowest BCUT2D eigenvalue weighted by atomic mass is 10.1. The lowest BCUT2D eigenvalue weighted by Gasteiger charge is -2.24. The van der Waals surface area contributed by atoms with Crippen molar-refractivity contribution in [2.45, 2.75) is 0 Å². The molecule has 1 aliphatic rings. The third-order valence-electron chi connectivity index (χ3n) is 4.03. The van der Waals surface area contributed by atoms with E-state index in [9.17, 15) is 9.59 Å². The second-order valence-electron chi connectivity index (χ2n) is 5.52. The molecule has 2 aromatic rings. The number of nitrogens with zero attached hydrogens (tertiary/aromatic N) is 2. The Morgan fingerprint density at radius 2 is 1.74 bits per heavy atom. The number of fused-ring (bicyclic) bond motifs is 1. The largest absolute Gasteiger partial charge is 0.481 e. The van der Waals surface area contributed by atoms with Crippen LogP contribution in [0.5, 0.6) is 5.88 Å². The molecule has 3 rings (SSSR count). The monoisotopic (exact) mass is 366 g/mol. The van der Waals surface area contributed by atoms with Gasteiger partial charge in [0.2, 0.25) is 5.88 Å². The zero-order chi connectivity index (χ0) is 19.4. The molecule has 0 unspecified atom stereocenters. The minimum atomic E-state index is -0.675. The second kappa shape index (κ2) is 7.74. The van der Waals surface area contributed by atoms with Gasteiger partial charge in [-0.2, -0.15) is 0 Å². The number of aromatic nitrogens is 1. The predicted molar refractivity (Wildman–Crippen MR) is 100 cm³/mol. The third kappa shape index (κ3) is 3.39. The van der Waals surface area contributed by atoms with Crippen LogP contribution in [0.4, 0.5) is 5.69 Å². The van der Waals surface area contributed by atoms with Crippen LogP contribution in [-0.2, 0) is 19.1 Å². The number of rotatable bonds is 4. The van der Waals surface area contributed by atoms with Gasteiger partial charge in [0.15, 0.2) is 0 Å². The van der Waals surface area contributed by atoms with Gasteiger partial charge in [-0.25, -0.2) is 14.6 Å². The minimum absolute atomic E-state index is 0.0338. The van der Waals surface area contributed by atoms with Gasteiger partial charge in [-0.1, -0.05) is 18.2 Å². The average Bonchev–Trinajstić information content (AvgIpc) is 2.94. The smallest absolute Gasteiger partial charge is 0.355 e. The molecule has 27 heavy (non-hydrogen) atoms. The Bertz CT molecular complexity index is 991. The lowest BCUT2D eigenvalue weighted by Crippen LogP contribution is -2.27. The van der Waals surface area contributed by atoms with Crippen molar-refractivity contribution >= 4 is 28.5 Å². The normalized spacial score (nSPS) is 13.5. The van der Waals surface area contributed by atoms with Crippen molar-refractivity contribution in [2.75, 3.05) is 26.2 Å². The zero-order valence-corrected chi connectivity index (χ0v) is 15.1. The SMILES string of the molecule is COC(=O)C1=C(C(=O)OC)N(c2cccc3ccc(OC)nc23)C=CC=C1. The molecular formula is C20H18N2O5. The van der Waals surface area contributed by atoms with Crippen LogP contribution in [0.25, 0.3) is 10.9 Å². The standard InChI is InChI=1S/C20H18N2O5/c1-25-16-11-10-13-7-6-9-15(17(13)21-16)22-12-5-4-8-14(19(23)26-2)18(22)20(24)27-3/h4-12H,1-3H3. The first kappa shape index (κ1) is 18.2. The third-order valence-corrected chi connectivity index (χ3v) is 4.03. The highest BCUT2D eigenvalue weighted by Gasteiger charge is 2.28. The summed E-state index contributed by atoms with van der Waals surface area (Å²) < 4.78 is 15.0. The maximum Gasteiger partial charge on any atom is 0.355 e. The molecule has 0 spiro atoms. The lowest BCUT2D eigenvalue weighted by molar-refractivity contribution is -0.139. The number of carbonyl (C=O) groups is 2. The van der Waals surface area contributed by atoms with Crippen LogP contribution < -0.4 is 9.64 Å². The first-order chi connectivity index (χ1) is 13.1. The fourth-order valence-electron chi connectivity index (χ4n) is 2.77. The van der Waals surface area contributed by atoms with Crippen molar-refractivity contribution in [1.82, 2.24) is 4.98 Å². The van der Waals surface area contributed by atoms with E-state index in [1.807, 2.05) is 18.2 Å². The Kier molecular flexibility index (Phi) is 5.21. The van der Waals surface area contributed by atoms with Gasteiger partial charge >= 0.3 is 11.9 Å². The maximum atomic E-state index is 12.6. The van der Waals surface area contributed by atoms with Crippen LogP contribution in [0.1, 0.15) is 0 Å². The molecule has 2 heterocycles. The Hall–Kier alpha value is -3.61. The number of pyridine rings is 1. The molecular weight excluding hydrogens is 348 g/mol. The van der Waals surface area contributed by atoms with Gasteiger partial charge in [-0.05, 0) is 24.3 Å². The number of hydrogen-bond acceptors (Lipinski definition) is 7. The molecule has 138 valence electrons. The number of methoxy groups -OCH3 is 3. The number of allylic oxidation sites excluding steroid dienone is 2. The van der Waals surface area contributed by atoms with Crippen LogP contribution in [0.3, 0.4) is 0 Å². The van der Waals surface area contributed by atoms with E-state index in [4.69, 9.17) is 14.2 Å². The highest BCUT2D eigenvalue weighted by atomic mass is 16.5. The number of hydrogen-bond donors (Lipinski definition) is 0. The quantitative estimate of drug-likeness (QED) is 0.770. The van der Waals surface area contributed by atoms with E-state index in [1.165, 1.54) is 27.4 Å². The van der Waals surface area contributed by atoms with Crippen LogP contribution in [0.15, 0.2) is 66.0 Å². The van der Waals surface area contributed by atoms with Crippen molar-refractivity contribution < 1.29 is 23.8 Å². The van der Waals surface area contributed by atoms with Gasteiger partial charge in [0.05, 0.1) is 38.1 Å². The molecule has 0 radical (unpaired) electrons. The maximum absolute atomic E-state index is 12.6. The molecule has 7 nitrogen and oxygen atoms in total. The summed E-state index contributed by atoms with van der Waals surface area (Å²) in [5, 5.41) is 0.850. The van der Waals surface area contributed by atoms with E-state index in [0.29, 0.717) is 17.1 Å². The van der Waals surface area contributed by atoms with Gasteiger partial charge in [0.25, 0.3) is 0 Å².